The summed E-state index contributed by atoms with van der Waals surface area (Å²) < 4.78 is 0. The van der Waals surface area contributed by atoms with Crippen LogP contribution in [-0.4, -0.2) is 23.3 Å². The summed E-state index contributed by atoms with van der Waals surface area (Å²) in [5, 5.41) is 6.54. The largest absolute Gasteiger partial charge is 0.343 e. The lowest BCUT2D eigenvalue weighted by molar-refractivity contribution is -0.115. The Hall–Kier alpha value is -2.70. The third-order valence-electron chi connectivity index (χ3n) is 4.25. The molecule has 0 saturated carbocycles. The lowest BCUT2D eigenvalue weighted by Gasteiger charge is -2.07. The lowest BCUT2D eigenvalue weighted by atomic mass is 10.1. The number of thiazole rings is 1. The van der Waals surface area contributed by atoms with Gasteiger partial charge in [-0.25, -0.2) is 4.98 Å². The van der Waals surface area contributed by atoms with Gasteiger partial charge in [-0.15, -0.1) is 11.3 Å². The molecule has 3 rings (SSSR count). The number of nitrogens with one attached hydrogen (secondary N) is 2. The number of amides is 2. The van der Waals surface area contributed by atoms with E-state index in [1.54, 1.807) is 12.3 Å². The molecule has 0 saturated heterocycles. The number of rotatable bonds is 6. The molecule has 0 unspecified atom stereocenters. The molecule has 0 atom stereocenters. The summed E-state index contributed by atoms with van der Waals surface area (Å²) in [7, 11) is 0. The highest BCUT2D eigenvalue weighted by atomic mass is 35.5. The van der Waals surface area contributed by atoms with E-state index in [1.807, 2.05) is 50.2 Å². The van der Waals surface area contributed by atoms with E-state index in [9.17, 15) is 9.59 Å². The molecular formula is C21H20ClN3O2S. The average molecular weight is 414 g/mol. The van der Waals surface area contributed by atoms with Gasteiger partial charge in [0.15, 0.2) is 5.13 Å². The first-order valence-electron chi connectivity index (χ1n) is 8.75. The number of benzene rings is 2. The van der Waals surface area contributed by atoms with Gasteiger partial charge in [0.25, 0.3) is 5.91 Å². The van der Waals surface area contributed by atoms with Crippen LogP contribution in [0.15, 0.2) is 48.7 Å². The number of aryl methyl sites for hydroxylation is 2. The van der Waals surface area contributed by atoms with Crippen molar-refractivity contribution in [1.82, 2.24) is 10.3 Å². The van der Waals surface area contributed by atoms with E-state index >= 15 is 0 Å². The highest BCUT2D eigenvalue weighted by Crippen LogP contribution is 2.22. The van der Waals surface area contributed by atoms with Crippen molar-refractivity contribution in [3.05, 3.63) is 80.8 Å². The molecule has 0 aliphatic rings. The molecule has 1 aromatic heterocycles. The monoisotopic (exact) mass is 413 g/mol. The first kappa shape index (κ1) is 20.0. The predicted molar refractivity (Wildman–Crippen MR) is 113 cm³/mol. The quantitative estimate of drug-likeness (QED) is 0.630. The Bertz CT molecular complexity index is 1020. The molecule has 0 bridgehead atoms. The van der Waals surface area contributed by atoms with Crippen molar-refractivity contribution in [2.24, 2.45) is 0 Å². The molecule has 0 aliphatic carbocycles. The highest BCUT2D eigenvalue weighted by Gasteiger charge is 2.11. The molecule has 28 heavy (non-hydrogen) atoms. The van der Waals surface area contributed by atoms with Crippen LogP contribution in [0, 0.1) is 13.8 Å². The molecule has 3 aromatic rings. The molecule has 0 spiro atoms. The molecule has 1 heterocycles. The van der Waals surface area contributed by atoms with Crippen LogP contribution in [-0.2, 0) is 11.2 Å². The minimum atomic E-state index is -0.319. The second-order valence-corrected chi connectivity index (χ2v) is 8.02. The van der Waals surface area contributed by atoms with Crippen LogP contribution >= 0.6 is 22.9 Å². The fraction of sp³-hybridized carbons (Fsp3) is 0.190. The average Bonchev–Trinajstić information content (AvgIpc) is 3.08. The summed E-state index contributed by atoms with van der Waals surface area (Å²) in [5.74, 6) is -0.597. The summed E-state index contributed by atoms with van der Waals surface area (Å²) in [6.07, 6.45) is 2.42. The van der Waals surface area contributed by atoms with Crippen molar-refractivity contribution in [2.75, 3.05) is 11.9 Å². The van der Waals surface area contributed by atoms with Gasteiger partial charge in [-0.2, -0.15) is 0 Å². The molecule has 144 valence electrons. The number of carbonyl (C=O) groups is 2. The number of anilines is 1. The number of aromatic nitrogens is 1. The van der Waals surface area contributed by atoms with E-state index in [0.29, 0.717) is 22.1 Å². The summed E-state index contributed by atoms with van der Waals surface area (Å²) in [4.78, 5) is 29.5. The molecule has 2 aromatic carbocycles. The zero-order valence-corrected chi connectivity index (χ0v) is 17.2. The van der Waals surface area contributed by atoms with Crippen molar-refractivity contribution in [1.29, 1.82) is 0 Å². The van der Waals surface area contributed by atoms with Gasteiger partial charge in [0.1, 0.15) is 0 Å². The van der Waals surface area contributed by atoms with Gasteiger partial charge in [-0.1, -0.05) is 29.8 Å². The topological polar surface area (TPSA) is 71.1 Å². The van der Waals surface area contributed by atoms with Gasteiger partial charge in [0, 0.05) is 28.1 Å². The Morgan fingerprint density at radius 1 is 1.11 bits per heavy atom. The van der Waals surface area contributed by atoms with Crippen LogP contribution in [0.4, 0.5) is 5.13 Å². The van der Waals surface area contributed by atoms with Crippen LogP contribution in [0.5, 0.6) is 0 Å². The Balaban J connectivity index is 1.51. The molecule has 7 heteroatoms. The van der Waals surface area contributed by atoms with Crippen LogP contribution in [0.3, 0.4) is 0 Å². The van der Waals surface area contributed by atoms with E-state index in [4.69, 9.17) is 11.6 Å². The first-order chi connectivity index (χ1) is 13.4. The third-order valence-corrected chi connectivity index (χ3v) is 5.39. The Morgan fingerprint density at radius 3 is 2.68 bits per heavy atom. The summed E-state index contributed by atoms with van der Waals surface area (Å²) >= 11 is 7.40. The van der Waals surface area contributed by atoms with E-state index in [-0.39, 0.29) is 18.4 Å². The Kier molecular flexibility index (Phi) is 6.44. The van der Waals surface area contributed by atoms with Crippen LogP contribution < -0.4 is 10.6 Å². The maximum absolute atomic E-state index is 12.2. The smallest absolute Gasteiger partial charge is 0.251 e. The summed E-state index contributed by atoms with van der Waals surface area (Å²) in [5.41, 5.74) is 3.77. The Labute approximate surface area is 172 Å². The Morgan fingerprint density at radius 2 is 1.93 bits per heavy atom. The number of hydrogen-bond donors (Lipinski definition) is 2. The number of halogens is 1. The molecule has 5 nitrogen and oxygen atoms in total. The zero-order chi connectivity index (χ0) is 20.1. The maximum Gasteiger partial charge on any atom is 0.251 e. The molecule has 0 fully saturated rings. The first-order valence-corrected chi connectivity index (χ1v) is 9.94. The van der Waals surface area contributed by atoms with E-state index in [2.05, 4.69) is 15.6 Å². The number of hydrogen-bond acceptors (Lipinski definition) is 4. The number of nitrogens with zero attached hydrogens (tertiary/aromatic N) is 1. The normalized spacial score (nSPS) is 10.5. The van der Waals surface area contributed by atoms with Gasteiger partial charge in [0.05, 0.1) is 6.54 Å². The lowest BCUT2D eigenvalue weighted by Crippen LogP contribution is -2.32. The van der Waals surface area contributed by atoms with E-state index < -0.39 is 0 Å². The maximum atomic E-state index is 12.2. The van der Waals surface area contributed by atoms with Crippen LogP contribution in [0.25, 0.3) is 0 Å². The minimum absolute atomic E-state index is 0.116. The fourth-order valence-corrected chi connectivity index (χ4v) is 3.68. The second-order valence-electron chi connectivity index (χ2n) is 6.47. The van der Waals surface area contributed by atoms with Gasteiger partial charge < -0.3 is 10.6 Å². The zero-order valence-electron chi connectivity index (χ0n) is 15.6. The predicted octanol–water partition coefficient (Wildman–Crippen LogP) is 4.37. The summed E-state index contributed by atoms with van der Waals surface area (Å²) in [6.45, 7) is 3.82. The second kappa shape index (κ2) is 8.99. The number of carbonyl (C=O) groups excluding carboxylic acids is 2. The van der Waals surface area contributed by atoms with Crippen LogP contribution in [0.1, 0.15) is 31.9 Å². The van der Waals surface area contributed by atoms with Crippen LogP contribution in [0.2, 0.25) is 5.02 Å². The van der Waals surface area contributed by atoms with Gasteiger partial charge in [0.2, 0.25) is 5.91 Å². The van der Waals surface area contributed by atoms with Crippen molar-refractivity contribution in [3.63, 3.8) is 0 Å². The van der Waals surface area contributed by atoms with E-state index in [1.165, 1.54) is 11.3 Å². The molecular weight excluding hydrogens is 394 g/mol. The molecule has 2 amide bonds. The van der Waals surface area contributed by atoms with Crippen molar-refractivity contribution < 1.29 is 9.59 Å². The SMILES string of the molecule is Cc1ccc(C(=O)NCC(=O)Nc2ncc(Cc3cccc(Cl)c3)s2)cc1C. The molecule has 0 aliphatic heterocycles. The third kappa shape index (κ3) is 5.41. The molecule has 2 N–H and O–H groups in total. The highest BCUT2D eigenvalue weighted by molar-refractivity contribution is 7.15. The van der Waals surface area contributed by atoms with Crippen molar-refractivity contribution in [3.8, 4) is 0 Å². The minimum Gasteiger partial charge on any atom is -0.343 e. The van der Waals surface area contributed by atoms with Crippen molar-refractivity contribution >= 4 is 39.9 Å². The summed E-state index contributed by atoms with van der Waals surface area (Å²) in [6, 6.07) is 13.1. The fourth-order valence-electron chi connectivity index (χ4n) is 2.60. The van der Waals surface area contributed by atoms with Crippen molar-refractivity contribution in [2.45, 2.75) is 20.3 Å². The van der Waals surface area contributed by atoms with E-state index in [0.717, 1.165) is 21.6 Å². The van der Waals surface area contributed by atoms with Gasteiger partial charge >= 0.3 is 0 Å². The van der Waals surface area contributed by atoms with Gasteiger partial charge in [-0.3, -0.25) is 9.59 Å². The van der Waals surface area contributed by atoms with Gasteiger partial charge in [-0.05, 0) is 54.8 Å². The standard InChI is InChI=1S/C21H20ClN3O2S/c1-13-6-7-16(8-14(13)2)20(27)23-12-19(26)25-21-24-11-18(28-21)10-15-4-3-5-17(22)9-15/h3-9,11H,10,12H2,1-2H3,(H,23,27)(H,24,25,26). The molecule has 0 radical (unpaired) electrons.